The van der Waals surface area contributed by atoms with Gasteiger partial charge >= 0.3 is 0 Å². The summed E-state index contributed by atoms with van der Waals surface area (Å²) in [6.07, 6.45) is 3.53. The van der Waals surface area contributed by atoms with Crippen LogP contribution in [0.4, 0.5) is 0 Å². The molecule has 0 N–H and O–H groups in total. The van der Waals surface area contributed by atoms with Crippen LogP contribution in [0.5, 0.6) is 0 Å². The second-order valence-corrected chi connectivity index (χ2v) is 3.38. The summed E-state index contributed by atoms with van der Waals surface area (Å²) in [5.41, 5.74) is 1.42. The van der Waals surface area contributed by atoms with Crippen LogP contribution in [-0.4, -0.2) is 6.61 Å². The Morgan fingerprint density at radius 1 is 1.08 bits per heavy atom. The molecule has 1 nitrogen and oxygen atoms in total. The van der Waals surface area contributed by atoms with E-state index >= 15 is 0 Å². The Balaban J connectivity index is 2.16. The fourth-order valence-corrected chi connectivity index (χ4v) is 1.44. The lowest BCUT2D eigenvalue weighted by atomic mass is 10.1. The lowest BCUT2D eigenvalue weighted by molar-refractivity contribution is 0.406. The molecule has 0 spiro atoms. The first kappa shape index (κ1) is 9.99. The van der Waals surface area contributed by atoms with Gasteiger partial charge in [0.2, 0.25) is 0 Å². The van der Waals surface area contributed by atoms with E-state index in [1.807, 2.05) is 23.0 Å². The molecule has 0 unspecified atom stereocenters. The average Bonchev–Trinajstić information content (AvgIpc) is 2.14. The maximum atomic E-state index is 4.95. The smallest absolute Gasteiger partial charge is 0.109 e. The number of benzene rings is 1. The molecule has 0 aliphatic carbocycles. The molecular formula is C10H13IO. The van der Waals surface area contributed by atoms with Gasteiger partial charge in [-0.15, -0.1) is 0 Å². The standard InChI is InChI=1S/C10H13IO/c11-12-9-5-4-8-10-6-2-1-3-7-10/h1-3,6-7H,4-5,8-9H2. The second kappa shape index (κ2) is 6.43. The molecule has 0 aliphatic rings. The lowest BCUT2D eigenvalue weighted by Gasteiger charge is -1.99. The van der Waals surface area contributed by atoms with Crippen LogP contribution in [0.2, 0.25) is 0 Å². The van der Waals surface area contributed by atoms with E-state index in [2.05, 4.69) is 30.3 Å². The zero-order chi connectivity index (χ0) is 8.65. The monoisotopic (exact) mass is 276 g/mol. The third kappa shape index (κ3) is 4.07. The molecule has 0 bridgehead atoms. The summed E-state index contributed by atoms with van der Waals surface area (Å²) in [4.78, 5) is 0. The minimum Gasteiger partial charge on any atom is -0.316 e. The van der Waals surface area contributed by atoms with Gasteiger partial charge in [-0.05, 0) is 24.8 Å². The molecule has 0 aliphatic heterocycles. The van der Waals surface area contributed by atoms with Crippen LogP contribution in [0.3, 0.4) is 0 Å². The van der Waals surface area contributed by atoms with Gasteiger partial charge in [-0.3, -0.25) is 0 Å². The normalized spacial score (nSPS) is 10.1. The first-order valence-electron chi connectivity index (χ1n) is 4.21. The molecule has 0 heterocycles. The Hall–Kier alpha value is -0.0900. The highest BCUT2D eigenvalue weighted by Gasteiger charge is 1.91. The Morgan fingerprint density at radius 3 is 2.50 bits per heavy atom. The molecule has 0 aromatic heterocycles. The van der Waals surface area contributed by atoms with E-state index in [4.69, 9.17) is 3.07 Å². The van der Waals surface area contributed by atoms with E-state index in [0.717, 1.165) is 13.0 Å². The van der Waals surface area contributed by atoms with E-state index in [-0.39, 0.29) is 0 Å². The van der Waals surface area contributed by atoms with Crippen molar-refractivity contribution < 1.29 is 3.07 Å². The van der Waals surface area contributed by atoms with Crippen molar-refractivity contribution in [1.29, 1.82) is 0 Å². The van der Waals surface area contributed by atoms with Gasteiger partial charge in [0, 0.05) is 0 Å². The van der Waals surface area contributed by atoms with Crippen molar-refractivity contribution in [2.75, 3.05) is 6.61 Å². The van der Waals surface area contributed by atoms with Crippen molar-refractivity contribution in [1.82, 2.24) is 0 Å². The number of rotatable bonds is 5. The Labute approximate surface area is 87.8 Å². The van der Waals surface area contributed by atoms with Crippen LogP contribution in [0, 0.1) is 0 Å². The van der Waals surface area contributed by atoms with Gasteiger partial charge in [0.1, 0.15) is 23.0 Å². The topological polar surface area (TPSA) is 9.23 Å². The molecule has 1 rings (SSSR count). The lowest BCUT2D eigenvalue weighted by Crippen LogP contribution is -1.88. The number of unbranched alkanes of at least 4 members (excludes halogenated alkanes) is 1. The molecule has 0 amide bonds. The molecule has 0 atom stereocenters. The van der Waals surface area contributed by atoms with Gasteiger partial charge in [-0.25, -0.2) is 0 Å². The molecular weight excluding hydrogens is 263 g/mol. The predicted octanol–water partition coefficient (Wildman–Crippen LogP) is 3.38. The van der Waals surface area contributed by atoms with E-state index in [9.17, 15) is 0 Å². The van der Waals surface area contributed by atoms with E-state index in [0.29, 0.717) is 0 Å². The molecule has 2 heteroatoms. The van der Waals surface area contributed by atoms with E-state index < -0.39 is 0 Å². The number of aryl methyl sites for hydroxylation is 1. The summed E-state index contributed by atoms with van der Waals surface area (Å²) in [5.74, 6) is 0. The van der Waals surface area contributed by atoms with E-state index in [1.165, 1.54) is 18.4 Å². The van der Waals surface area contributed by atoms with Crippen LogP contribution >= 0.6 is 23.0 Å². The number of halogens is 1. The molecule has 0 radical (unpaired) electrons. The summed E-state index contributed by atoms with van der Waals surface area (Å²) < 4.78 is 4.95. The van der Waals surface area contributed by atoms with Crippen molar-refractivity contribution >= 4 is 23.0 Å². The van der Waals surface area contributed by atoms with Crippen LogP contribution in [-0.2, 0) is 9.49 Å². The molecule has 0 saturated heterocycles. The maximum absolute atomic E-state index is 4.95. The van der Waals surface area contributed by atoms with Crippen LogP contribution in [0.1, 0.15) is 18.4 Å². The Morgan fingerprint density at radius 2 is 1.83 bits per heavy atom. The summed E-state index contributed by atoms with van der Waals surface area (Å²) in [7, 11) is 0. The highest BCUT2D eigenvalue weighted by molar-refractivity contribution is 14.1. The largest absolute Gasteiger partial charge is 0.316 e. The SMILES string of the molecule is IOCCCCc1ccccc1. The number of hydrogen-bond acceptors (Lipinski definition) is 1. The minimum atomic E-state index is 0.868. The van der Waals surface area contributed by atoms with Crippen molar-refractivity contribution in [3.8, 4) is 0 Å². The zero-order valence-electron chi connectivity index (χ0n) is 7.00. The molecule has 0 fully saturated rings. The molecule has 1 aromatic rings. The van der Waals surface area contributed by atoms with Crippen molar-refractivity contribution in [2.24, 2.45) is 0 Å². The summed E-state index contributed by atoms with van der Waals surface area (Å²) in [6.45, 7) is 0.868. The maximum Gasteiger partial charge on any atom is 0.109 e. The fourth-order valence-electron chi connectivity index (χ4n) is 1.13. The van der Waals surface area contributed by atoms with Gasteiger partial charge in [-0.1, -0.05) is 30.3 Å². The van der Waals surface area contributed by atoms with Crippen molar-refractivity contribution in [3.05, 3.63) is 35.9 Å². The first-order valence-corrected chi connectivity index (χ1v) is 5.09. The third-order valence-electron chi connectivity index (χ3n) is 1.78. The van der Waals surface area contributed by atoms with Gasteiger partial charge in [0.15, 0.2) is 0 Å². The van der Waals surface area contributed by atoms with Crippen LogP contribution < -0.4 is 0 Å². The number of hydrogen-bond donors (Lipinski definition) is 0. The molecule has 1 aromatic carbocycles. The highest BCUT2D eigenvalue weighted by Crippen LogP contribution is 2.04. The van der Waals surface area contributed by atoms with Gasteiger partial charge in [0.05, 0.1) is 6.61 Å². The van der Waals surface area contributed by atoms with Crippen LogP contribution in [0.15, 0.2) is 30.3 Å². The zero-order valence-corrected chi connectivity index (χ0v) is 9.16. The predicted molar refractivity (Wildman–Crippen MR) is 59.4 cm³/mol. The van der Waals surface area contributed by atoms with E-state index in [1.54, 1.807) is 0 Å². The first-order chi connectivity index (χ1) is 5.93. The summed E-state index contributed by atoms with van der Waals surface area (Å²) in [6, 6.07) is 10.6. The minimum absolute atomic E-state index is 0.868. The van der Waals surface area contributed by atoms with Gasteiger partial charge in [-0.2, -0.15) is 0 Å². The highest BCUT2D eigenvalue weighted by atomic mass is 127. The second-order valence-electron chi connectivity index (χ2n) is 2.76. The summed E-state index contributed by atoms with van der Waals surface area (Å²) >= 11 is 1.94. The molecule has 12 heavy (non-hydrogen) atoms. The van der Waals surface area contributed by atoms with Gasteiger partial charge in [0.25, 0.3) is 0 Å². The quantitative estimate of drug-likeness (QED) is 0.591. The van der Waals surface area contributed by atoms with Crippen molar-refractivity contribution in [3.63, 3.8) is 0 Å². The molecule has 0 saturated carbocycles. The fraction of sp³-hybridized carbons (Fsp3) is 0.400. The van der Waals surface area contributed by atoms with Gasteiger partial charge < -0.3 is 3.07 Å². The average molecular weight is 276 g/mol. The summed E-state index contributed by atoms with van der Waals surface area (Å²) in [5, 5.41) is 0. The third-order valence-corrected chi connectivity index (χ3v) is 2.22. The Bertz CT molecular complexity index is 198. The molecule has 66 valence electrons. The van der Waals surface area contributed by atoms with Crippen LogP contribution in [0.25, 0.3) is 0 Å². The Kier molecular flexibility index (Phi) is 5.35. The van der Waals surface area contributed by atoms with Crippen molar-refractivity contribution in [2.45, 2.75) is 19.3 Å².